The highest BCUT2D eigenvalue weighted by Crippen LogP contribution is 2.47. The highest BCUT2D eigenvalue weighted by Gasteiger charge is 2.46. The van der Waals surface area contributed by atoms with Gasteiger partial charge in [0.1, 0.15) is 5.60 Å². The van der Waals surface area contributed by atoms with Gasteiger partial charge in [-0.2, -0.15) is 0 Å². The molecule has 1 saturated carbocycles. The van der Waals surface area contributed by atoms with Crippen LogP contribution in [-0.4, -0.2) is 23.8 Å². The number of ether oxygens (including phenoxy) is 1. The second kappa shape index (κ2) is 4.34. The Morgan fingerprint density at radius 2 is 2.11 bits per heavy atom. The molecular weight excluding hydrogens is 226 g/mol. The molecule has 1 N–H and O–H groups in total. The molecule has 1 aromatic heterocycles. The molecular formula is C15H17NO2. The van der Waals surface area contributed by atoms with Gasteiger partial charge in [-0.25, -0.2) is 0 Å². The maximum Gasteiger partial charge on any atom is 0.118 e. The lowest BCUT2D eigenvalue weighted by Crippen LogP contribution is -2.34. The molecule has 3 rings (SSSR count). The van der Waals surface area contributed by atoms with E-state index in [9.17, 15) is 5.11 Å². The molecule has 1 unspecified atom stereocenters. The second-order valence-electron chi connectivity index (χ2n) is 5.04. The third-order valence-corrected chi connectivity index (χ3v) is 3.75. The zero-order valence-electron chi connectivity index (χ0n) is 10.5. The van der Waals surface area contributed by atoms with Crippen molar-refractivity contribution < 1.29 is 9.84 Å². The molecule has 2 aromatic rings. The molecule has 18 heavy (non-hydrogen) atoms. The number of rotatable bonds is 4. The molecule has 3 heteroatoms. The van der Waals surface area contributed by atoms with Gasteiger partial charge in [-0.15, -0.1) is 0 Å². The van der Waals surface area contributed by atoms with E-state index in [0.717, 1.165) is 29.2 Å². The Labute approximate surface area is 106 Å². The molecule has 0 amide bonds. The van der Waals surface area contributed by atoms with Crippen LogP contribution in [0.3, 0.4) is 0 Å². The van der Waals surface area contributed by atoms with Crippen LogP contribution in [0.25, 0.3) is 10.8 Å². The summed E-state index contributed by atoms with van der Waals surface area (Å²) in [6.45, 7) is 0.327. The summed E-state index contributed by atoms with van der Waals surface area (Å²) in [5.41, 5.74) is -0.00671. The average molecular weight is 243 g/mol. The maximum absolute atomic E-state index is 11.0. The summed E-state index contributed by atoms with van der Waals surface area (Å²) in [6.07, 6.45) is 5.73. The Balaban J connectivity index is 2.17. The molecule has 0 aliphatic heterocycles. The molecule has 94 valence electrons. The van der Waals surface area contributed by atoms with Gasteiger partial charge in [-0.1, -0.05) is 24.3 Å². The van der Waals surface area contributed by atoms with Crippen LogP contribution in [0, 0.1) is 5.92 Å². The van der Waals surface area contributed by atoms with Crippen LogP contribution >= 0.6 is 0 Å². The Bertz CT molecular complexity index is 560. The zero-order chi connectivity index (χ0) is 12.6. The number of methoxy groups -OCH3 is 1. The van der Waals surface area contributed by atoms with Crippen LogP contribution in [-0.2, 0) is 10.3 Å². The van der Waals surface area contributed by atoms with E-state index in [1.165, 1.54) is 0 Å². The minimum atomic E-state index is -0.900. The molecule has 1 aromatic carbocycles. The topological polar surface area (TPSA) is 42.4 Å². The quantitative estimate of drug-likeness (QED) is 0.897. The van der Waals surface area contributed by atoms with Gasteiger partial charge in [0.2, 0.25) is 0 Å². The monoisotopic (exact) mass is 243 g/mol. The van der Waals surface area contributed by atoms with Crippen LogP contribution in [0.4, 0.5) is 0 Å². The van der Waals surface area contributed by atoms with Crippen molar-refractivity contribution >= 4 is 10.8 Å². The highest BCUT2D eigenvalue weighted by atomic mass is 16.5. The molecule has 1 heterocycles. The number of fused-ring (bicyclic) bond motifs is 1. The van der Waals surface area contributed by atoms with E-state index < -0.39 is 5.60 Å². The van der Waals surface area contributed by atoms with Crippen molar-refractivity contribution in [3.63, 3.8) is 0 Å². The van der Waals surface area contributed by atoms with Crippen molar-refractivity contribution in [2.45, 2.75) is 18.4 Å². The molecule has 3 nitrogen and oxygen atoms in total. The van der Waals surface area contributed by atoms with Gasteiger partial charge >= 0.3 is 0 Å². The van der Waals surface area contributed by atoms with Crippen molar-refractivity contribution in [1.29, 1.82) is 0 Å². The standard InChI is InChI=1S/C15H17NO2/c1-18-10-15(17,12-6-7-12)14-9-16-8-11-4-2-3-5-13(11)14/h2-5,8-9,12,17H,6-7,10H2,1H3. The fraction of sp³-hybridized carbons (Fsp3) is 0.400. The number of hydrogen-bond donors (Lipinski definition) is 1. The van der Waals surface area contributed by atoms with Crippen LogP contribution in [0.2, 0.25) is 0 Å². The first-order valence-electron chi connectivity index (χ1n) is 6.30. The first-order chi connectivity index (χ1) is 8.75. The summed E-state index contributed by atoms with van der Waals surface area (Å²) in [4.78, 5) is 4.26. The predicted molar refractivity (Wildman–Crippen MR) is 70.2 cm³/mol. The lowest BCUT2D eigenvalue weighted by molar-refractivity contribution is -0.0523. The zero-order valence-corrected chi connectivity index (χ0v) is 10.5. The molecule has 1 atom stereocenters. The second-order valence-corrected chi connectivity index (χ2v) is 5.04. The molecule has 0 bridgehead atoms. The van der Waals surface area contributed by atoms with E-state index in [2.05, 4.69) is 4.98 Å². The normalized spacial score (nSPS) is 18.8. The minimum absolute atomic E-state index is 0.296. The summed E-state index contributed by atoms with van der Waals surface area (Å²) in [6, 6.07) is 8.04. The smallest absolute Gasteiger partial charge is 0.118 e. The summed E-state index contributed by atoms with van der Waals surface area (Å²) in [5, 5.41) is 13.1. The van der Waals surface area contributed by atoms with Gasteiger partial charge in [0.05, 0.1) is 6.61 Å². The third-order valence-electron chi connectivity index (χ3n) is 3.75. The summed E-state index contributed by atoms with van der Waals surface area (Å²) in [7, 11) is 1.63. The molecule has 0 saturated heterocycles. The molecule has 0 spiro atoms. The number of aliphatic hydroxyl groups is 1. The van der Waals surface area contributed by atoms with Gasteiger partial charge in [0, 0.05) is 30.5 Å². The maximum atomic E-state index is 11.0. The van der Waals surface area contributed by atoms with Gasteiger partial charge in [0.25, 0.3) is 0 Å². The van der Waals surface area contributed by atoms with E-state index in [1.54, 1.807) is 13.3 Å². The number of nitrogens with zero attached hydrogens (tertiary/aromatic N) is 1. The van der Waals surface area contributed by atoms with Crippen LogP contribution in [0.5, 0.6) is 0 Å². The van der Waals surface area contributed by atoms with E-state index in [0.29, 0.717) is 12.5 Å². The summed E-state index contributed by atoms with van der Waals surface area (Å²) >= 11 is 0. The third kappa shape index (κ3) is 1.80. The first kappa shape index (κ1) is 11.6. The van der Waals surface area contributed by atoms with Gasteiger partial charge in [-0.05, 0) is 24.1 Å². The Hall–Kier alpha value is -1.45. The van der Waals surface area contributed by atoms with E-state index in [-0.39, 0.29) is 0 Å². The van der Waals surface area contributed by atoms with Crippen LogP contribution in [0.15, 0.2) is 36.7 Å². The lowest BCUT2D eigenvalue weighted by Gasteiger charge is -2.28. The molecule has 0 radical (unpaired) electrons. The van der Waals surface area contributed by atoms with Gasteiger partial charge < -0.3 is 9.84 Å². The molecule has 1 fully saturated rings. The van der Waals surface area contributed by atoms with Crippen molar-refractivity contribution in [2.24, 2.45) is 5.92 Å². The Kier molecular flexibility index (Phi) is 2.80. The molecule has 1 aliphatic rings. The Morgan fingerprint density at radius 1 is 1.33 bits per heavy atom. The first-order valence-corrected chi connectivity index (χ1v) is 6.30. The molecule has 1 aliphatic carbocycles. The lowest BCUT2D eigenvalue weighted by atomic mass is 9.87. The summed E-state index contributed by atoms with van der Waals surface area (Å²) < 4.78 is 5.23. The van der Waals surface area contributed by atoms with Gasteiger partial charge in [-0.3, -0.25) is 4.98 Å². The van der Waals surface area contributed by atoms with Crippen LogP contribution in [0.1, 0.15) is 18.4 Å². The number of hydrogen-bond acceptors (Lipinski definition) is 3. The van der Waals surface area contributed by atoms with Crippen molar-refractivity contribution in [1.82, 2.24) is 4.98 Å². The van der Waals surface area contributed by atoms with Crippen LogP contribution < -0.4 is 0 Å². The van der Waals surface area contributed by atoms with Crippen molar-refractivity contribution in [2.75, 3.05) is 13.7 Å². The van der Waals surface area contributed by atoms with Crippen molar-refractivity contribution in [3.8, 4) is 0 Å². The fourth-order valence-corrected chi connectivity index (χ4v) is 2.66. The minimum Gasteiger partial charge on any atom is -0.382 e. The Morgan fingerprint density at radius 3 is 2.83 bits per heavy atom. The number of benzene rings is 1. The largest absolute Gasteiger partial charge is 0.382 e. The average Bonchev–Trinajstić information content (AvgIpc) is 3.23. The van der Waals surface area contributed by atoms with E-state index in [1.807, 2.05) is 30.5 Å². The van der Waals surface area contributed by atoms with Crippen molar-refractivity contribution in [3.05, 3.63) is 42.2 Å². The SMILES string of the molecule is COCC(O)(c1cncc2ccccc12)C1CC1. The van der Waals surface area contributed by atoms with Gasteiger partial charge in [0.15, 0.2) is 0 Å². The predicted octanol–water partition coefficient (Wildman–Crippen LogP) is 2.48. The highest BCUT2D eigenvalue weighted by molar-refractivity contribution is 5.85. The van der Waals surface area contributed by atoms with E-state index >= 15 is 0 Å². The van der Waals surface area contributed by atoms with E-state index in [4.69, 9.17) is 4.74 Å². The fourth-order valence-electron chi connectivity index (χ4n) is 2.66. The summed E-state index contributed by atoms with van der Waals surface area (Å²) in [5.74, 6) is 0.296. The number of aromatic nitrogens is 1. The number of pyridine rings is 1.